The predicted molar refractivity (Wildman–Crippen MR) is 112 cm³/mol. The van der Waals surface area contributed by atoms with Crippen LogP contribution in [0.3, 0.4) is 0 Å². The van der Waals surface area contributed by atoms with Gasteiger partial charge in [-0.05, 0) is 47.9 Å². The SMILES string of the molecule is COc1ccc2c(c1)CCN(c1ncnc(Nc3cccc(NC(C)=O)c3)n1)C2. The first-order valence-corrected chi connectivity index (χ1v) is 9.35. The number of carbonyl (C=O) groups is 1. The molecule has 0 radical (unpaired) electrons. The van der Waals surface area contributed by atoms with Gasteiger partial charge in [0.1, 0.15) is 12.1 Å². The fourth-order valence-electron chi connectivity index (χ4n) is 3.33. The Morgan fingerprint density at radius 1 is 1.10 bits per heavy atom. The van der Waals surface area contributed by atoms with Gasteiger partial charge in [0.05, 0.1) is 7.11 Å². The summed E-state index contributed by atoms with van der Waals surface area (Å²) in [6.45, 7) is 3.04. The van der Waals surface area contributed by atoms with Crippen molar-refractivity contribution in [1.82, 2.24) is 15.0 Å². The van der Waals surface area contributed by atoms with Crippen molar-refractivity contribution >= 4 is 29.2 Å². The summed E-state index contributed by atoms with van der Waals surface area (Å²) < 4.78 is 5.32. The molecular formula is C21H22N6O2. The Labute approximate surface area is 169 Å². The molecule has 0 atom stereocenters. The number of hydrogen-bond donors (Lipinski definition) is 2. The van der Waals surface area contributed by atoms with E-state index in [0.29, 0.717) is 17.6 Å². The van der Waals surface area contributed by atoms with E-state index in [1.54, 1.807) is 7.11 Å². The van der Waals surface area contributed by atoms with Crippen molar-refractivity contribution < 1.29 is 9.53 Å². The number of anilines is 4. The van der Waals surface area contributed by atoms with Gasteiger partial charge in [-0.2, -0.15) is 4.98 Å². The van der Waals surface area contributed by atoms with E-state index in [0.717, 1.165) is 30.9 Å². The molecule has 1 aliphatic rings. The molecular weight excluding hydrogens is 368 g/mol. The minimum Gasteiger partial charge on any atom is -0.497 e. The zero-order chi connectivity index (χ0) is 20.2. The van der Waals surface area contributed by atoms with Crippen LogP contribution in [-0.4, -0.2) is 34.5 Å². The topological polar surface area (TPSA) is 92.3 Å². The van der Waals surface area contributed by atoms with E-state index < -0.39 is 0 Å². The van der Waals surface area contributed by atoms with Gasteiger partial charge in [0.15, 0.2) is 0 Å². The Bertz CT molecular complexity index is 1040. The molecule has 1 aromatic heterocycles. The van der Waals surface area contributed by atoms with Crippen molar-refractivity contribution in [2.45, 2.75) is 19.9 Å². The van der Waals surface area contributed by atoms with Crippen molar-refractivity contribution in [3.8, 4) is 5.75 Å². The second-order valence-corrected chi connectivity index (χ2v) is 6.80. The first-order chi connectivity index (χ1) is 14.1. The van der Waals surface area contributed by atoms with Gasteiger partial charge in [0.2, 0.25) is 17.8 Å². The second kappa shape index (κ2) is 8.14. The first-order valence-electron chi connectivity index (χ1n) is 9.35. The molecule has 1 amide bonds. The number of rotatable bonds is 5. The molecule has 0 spiro atoms. The average Bonchev–Trinajstić information content (AvgIpc) is 2.73. The molecule has 8 heteroatoms. The first kappa shape index (κ1) is 18.7. The van der Waals surface area contributed by atoms with Crippen molar-refractivity contribution in [2.75, 3.05) is 29.2 Å². The van der Waals surface area contributed by atoms with E-state index in [1.165, 1.54) is 24.4 Å². The van der Waals surface area contributed by atoms with Crippen LogP contribution in [0.25, 0.3) is 0 Å². The highest BCUT2D eigenvalue weighted by Crippen LogP contribution is 2.26. The standard InChI is InChI=1S/C21H22N6O2/c1-14(28)24-17-4-3-5-18(11-17)25-20-22-13-23-21(26-20)27-9-8-15-10-19(29-2)7-6-16(15)12-27/h3-7,10-11,13H,8-9,12H2,1-2H3,(H,24,28)(H,22,23,25,26). The van der Waals surface area contributed by atoms with E-state index in [4.69, 9.17) is 4.74 Å². The Morgan fingerprint density at radius 3 is 2.79 bits per heavy atom. The molecule has 4 rings (SSSR count). The number of ether oxygens (including phenoxy) is 1. The van der Waals surface area contributed by atoms with Crippen LogP contribution in [0.5, 0.6) is 5.75 Å². The van der Waals surface area contributed by atoms with E-state index in [9.17, 15) is 4.79 Å². The normalized spacial score (nSPS) is 12.8. The summed E-state index contributed by atoms with van der Waals surface area (Å²) in [6.07, 6.45) is 2.41. The Morgan fingerprint density at radius 2 is 1.97 bits per heavy atom. The van der Waals surface area contributed by atoms with Crippen LogP contribution in [0.2, 0.25) is 0 Å². The molecule has 148 valence electrons. The highest BCUT2D eigenvalue weighted by molar-refractivity contribution is 5.89. The van der Waals surface area contributed by atoms with Gasteiger partial charge in [0, 0.05) is 31.4 Å². The number of carbonyl (C=O) groups excluding carboxylic acids is 1. The number of hydrogen-bond acceptors (Lipinski definition) is 7. The van der Waals surface area contributed by atoms with Gasteiger partial charge in [-0.25, -0.2) is 9.97 Å². The van der Waals surface area contributed by atoms with Crippen LogP contribution >= 0.6 is 0 Å². The number of aromatic nitrogens is 3. The molecule has 0 saturated heterocycles. The number of amides is 1. The summed E-state index contributed by atoms with van der Waals surface area (Å²) in [5.74, 6) is 1.84. The van der Waals surface area contributed by atoms with Gasteiger partial charge in [-0.1, -0.05) is 12.1 Å². The molecule has 3 aromatic rings. The highest BCUT2D eigenvalue weighted by atomic mass is 16.5. The molecule has 0 bridgehead atoms. The highest BCUT2D eigenvalue weighted by Gasteiger charge is 2.19. The predicted octanol–water partition coefficient (Wildman–Crippen LogP) is 3.14. The molecule has 0 unspecified atom stereocenters. The molecule has 0 saturated carbocycles. The molecule has 8 nitrogen and oxygen atoms in total. The number of nitrogens with one attached hydrogen (secondary N) is 2. The van der Waals surface area contributed by atoms with Crippen molar-refractivity contribution in [1.29, 1.82) is 0 Å². The molecule has 2 N–H and O–H groups in total. The molecule has 0 aliphatic carbocycles. The van der Waals surface area contributed by atoms with Crippen LogP contribution in [0.15, 0.2) is 48.8 Å². The second-order valence-electron chi connectivity index (χ2n) is 6.80. The van der Waals surface area contributed by atoms with E-state index in [2.05, 4.69) is 42.6 Å². The maximum atomic E-state index is 11.2. The molecule has 2 aromatic carbocycles. The van der Waals surface area contributed by atoms with Crippen LogP contribution < -0.4 is 20.3 Å². The fraction of sp³-hybridized carbons (Fsp3) is 0.238. The van der Waals surface area contributed by atoms with Gasteiger partial charge in [-0.15, -0.1) is 0 Å². The van der Waals surface area contributed by atoms with Crippen LogP contribution in [-0.2, 0) is 17.8 Å². The number of benzene rings is 2. The minimum absolute atomic E-state index is 0.118. The summed E-state index contributed by atoms with van der Waals surface area (Å²) in [7, 11) is 1.68. The van der Waals surface area contributed by atoms with Crippen molar-refractivity contribution in [2.24, 2.45) is 0 Å². The summed E-state index contributed by atoms with van der Waals surface area (Å²) in [4.78, 5) is 26.5. The lowest BCUT2D eigenvalue weighted by Crippen LogP contribution is -2.32. The maximum Gasteiger partial charge on any atom is 0.232 e. The lowest BCUT2D eigenvalue weighted by Gasteiger charge is -2.29. The molecule has 29 heavy (non-hydrogen) atoms. The number of fused-ring (bicyclic) bond motifs is 1. The maximum absolute atomic E-state index is 11.2. The van der Waals surface area contributed by atoms with Crippen molar-refractivity contribution in [3.05, 3.63) is 59.9 Å². The number of nitrogens with zero attached hydrogens (tertiary/aromatic N) is 4. The average molecular weight is 390 g/mol. The van der Waals surface area contributed by atoms with E-state index >= 15 is 0 Å². The fourth-order valence-corrected chi connectivity index (χ4v) is 3.33. The van der Waals surface area contributed by atoms with Gasteiger partial charge >= 0.3 is 0 Å². The van der Waals surface area contributed by atoms with Crippen molar-refractivity contribution in [3.63, 3.8) is 0 Å². The molecule has 2 heterocycles. The van der Waals surface area contributed by atoms with E-state index in [1.807, 2.05) is 30.3 Å². The Hall–Kier alpha value is -3.68. The minimum atomic E-state index is -0.118. The monoisotopic (exact) mass is 390 g/mol. The van der Waals surface area contributed by atoms with Gasteiger partial charge < -0.3 is 20.3 Å². The lowest BCUT2D eigenvalue weighted by atomic mass is 10.00. The van der Waals surface area contributed by atoms with E-state index in [-0.39, 0.29) is 5.91 Å². The molecule has 0 fully saturated rings. The third kappa shape index (κ3) is 4.43. The third-order valence-electron chi connectivity index (χ3n) is 4.71. The smallest absolute Gasteiger partial charge is 0.232 e. The zero-order valence-corrected chi connectivity index (χ0v) is 16.3. The van der Waals surface area contributed by atoms with Crippen LogP contribution in [0.1, 0.15) is 18.1 Å². The zero-order valence-electron chi connectivity index (χ0n) is 16.3. The Balaban J connectivity index is 1.50. The van der Waals surface area contributed by atoms with Crippen LogP contribution in [0.4, 0.5) is 23.3 Å². The summed E-state index contributed by atoms with van der Waals surface area (Å²) >= 11 is 0. The summed E-state index contributed by atoms with van der Waals surface area (Å²) in [5, 5.41) is 5.94. The van der Waals surface area contributed by atoms with Gasteiger partial charge in [0.25, 0.3) is 0 Å². The lowest BCUT2D eigenvalue weighted by molar-refractivity contribution is -0.114. The summed E-state index contributed by atoms with van der Waals surface area (Å²) in [5.41, 5.74) is 4.03. The molecule has 1 aliphatic heterocycles. The third-order valence-corrected chi connectivity index (χ3v) is 4.71. The quantitative estimate of drug-likeness (QED) is 0.691. The largest absolute Gasteiger partial charge is 0.497 e. The Kier molecular flexibility index (Phi) is 5.24. The van der Waals surface area contributed by atoms with Gasteiger partial charge in [-0.3, -0.25) is 4.79 Å². The number of methoxy groups -OCH3 is 1. The summed E-state index contributed by atoms with van der Waals surface area (Å²) in [6, 6.07) is 13.6. The van der Waals surface area contributed by atoms with Crippen LogP contribution in [0, 0.1) is 0 Å².